The van der Waals surface area contributed by atoms with Crippen molar-refractivity contribution in [1.82, 2.24) is 9.97 Å². The Morgan fingerprint density at radius 3 is 1.50 bits per heavy atom. The number of rotatable bonds is 0. The molecule has 6 rings (SSSR count). The molecular formula is C21H16Cl4N3RuS3. The molecule has 0 fully saturated rings. The van der Waals surface area contributed by atoms with E-state index in [1.54, 1.807) is 34.0 Å². The number of para-hydroxylation sites is 3. The number of hydrogen-bond acceptors (Lipinski definition) is 5. The molecule has 0 aliphatic carbocycles. The van der Waals surface area contributed by atoms with E-state index in [0.29, 0.717) is 0 Å². The first-order valence-corrected chi connectivity index (χ1v) is 20.4. The fourth-order valence-electron chi connectivity index (χ4n) is 2.45. The van der Waals surface area contributed by atoms with Gasteiger partial charge in [-0.15, -0.1) is 22.7 Å². The Labute approximate surface area is 216 Å². The van der Waals surface area contributed by atoms with Gasteiger partial charge in [0.25, 0.3) is 0 Å². The third-order valence-electron chi connectivity index (χ3n) is 3.76. The second-order valence-corrected chi connectivity index (χ2v) is 24.3. The molecule has 3 aromatic heterocycles. The van der Waals surface area contributed by atoms with Crippen LogP contribution < -0.4 is 4.98 Å². The van der Waals surface area contributed by atoms with Gasteiger partial charge in [-0.1, -0.05) is 47.7 Å². The van der Waals surface area contributed by atoms with Crippen LogP contribution in [-0.4, -0.2) is 9.97 Å². The number of nitrogens with one attached hydrogen (secondary N) is 1. The summed E-state index contributed by atoms with van der Waals surface area (Å²) in [5.74, 6) is 0. The van der Waals surface area contributed by atoms with E-state index in [1.807, 2.05) is 65.1 Å². The molecule has 6 aromatic rings. The zero-order valence-electron chi connectivity index (χ0n) is 16.1. The van der Waals surface area contributed by atoms with Crippen molar-refractivity contribution in [3.05, 3.63) is 89.3 Å². The summed E-state index contributed by atoms with van der Waals surface area (Å²) in [7, 11) is 17.0. The first kappa shape index (κ1) is 25.7. The molecule has 0 spiro atoms. The van der Waals surface area contributed by atoms with E-state index in [0.717, 1.165) is 11.0 Å². The third kappa shape index (κ3) is 9.16. The van der Waals surface area contributed by atoms with Gasteiger partial charge in [0, 0.05) is 6.07 Å². The second kappa shape index (κ2) is 13.1. The predicted molar refractivity (Wildman–Crippen MR) is 141 cm³/mol. The molecule has 32 heavy (non-hydrogen) atoms. The summed E-state index contributed by atoms with van der Waals surface area (Å²) in [5, 5.41) is 0. The van der Waals surface area contributed by atoms with Crippen molar-refractivity contribution in [2.24, 2.45) is 0 Å². The van der Waals surface area contributed by atoms with Crippen molar-refractivity contribution in [2.45, 2.75) is 0 Å². The number of nitrogens with zero attached hydrogens (tertiary/aromatic N) is 2. The van der Waals surface area contributed by atoms with E-state index in [4.69, 9.17) is 38.8 Å². The van der Waals surface area contributed by atoms with E-state index in [-0.39, 0.29) is 0 Å². The van der Waals surface area contributed by atoms with E-state index >= 15 is 0 Å². The van der Waals surface area contributed by atoms with Crippen LogP contribution in [0.3, 0.4) is 0 Å². The van der Waals surface area contributed by atoms with E-state index in [2.05, 4.69) is 39.2 Å². The van der Waals surface area contributed by atoms with Crippen LogP contribution in [0.2, 0.25) is 0 Å². The van der Waals surface area contributed by atoms with E-state index in [1.165, 1.54) is 19.6 Å². The number of aromatic amines is 1. The van der Waals surface area contributed by atoms with Crippen molar-refractivity contribution < 1.29 is 15.8 Å². The molecule has 1 N–H and O–H groups in total. The van der Waals surface area contributed by atoms with Crippen molar-refractivity contribution >= 4 is 103 Å². The topological polar surface area (TPSA) is 39.9 Å². The maximum absolute atomic E-state index is 5.00. The van der Waals surface area contributed by atoms with Gasteiger partial charge in [-0.25, -0.2) is 15.0 Å². The molecule has 3 heterocycles. The molecule has 3 nitrogen and oxygen atoms in total. The van der Waals surface area contributed by atoms with Crippen molar-refractivity contribution in [3.8, 4) is 0 Å². The minimum atomic E-state index is -2.97. The maximum atomic E-state index is 5.00. The molecule has 0 aliphatic heterocycles. The maximum Gasteiger partial charge on any atom is 0.224 e. The standard InChI is InChI=1S/3C7H5NS.4ClH.Ru/c3*1-2-4-7-6(3-1)8-5-9-7;;;;;/h3*1-5H;4*1H;/q;;;;;;;+3/p-3. The molecule has 0 amide bonds. The molecule has 0 unspecified atom stereocenters. The van der Waals surface area contributed by atoms with Gasteiger partial charge < -0.3 is 0 Å². The summed E-state index contributed by atoms with van der Waals surface area (Å²) in [4.78, 5) is 11.4. The van der Waals surface area contributed by atoms with Crippen LogP contribution in [-0.2, 0) is 10.8 Å². The van der Waals surface area contributed by atoms with Crippen LogP contribution >= 0.6 is 72.8 Å². The number of hydrogen-bond donors (Lipinski definition) is 0. The van der Waals surface area contributed by atoms with Gasteiger partial charge in [-0.2, -0.15) is 0 Å². The summed E-state index contributed by atoms with van der Waals surface area (Å²) in [6, 6.07) is 24.5. The largest absolute Gasteiger partial charge is 0.245 e. The summed E-state index contributed by atoms with van der Waals surface area (Å²) in [6.07, 6.45) is 0. The third-order valence-corrected chi connectivity index (χ3v) is 6.23. The number of halogens is 4. The number of thiazole rings is 3. The normalized spacial score (nSPS) is 11.0. The molecule has 3 aromatic carbocycles. The molecule has 0 aliphatic rings. The SMILES string of the molecule is [Cl][Ru-]([Cl])([Cl])[Cl].c1ccc2sc[nH+]c2c1.c1ccc2scnc2c1.c1ccc2scnc2c1. The van der Waals surface area contributed by atoms with Gasteiger partial charge in [-0.3, -0.25) is 0 Å². The first-order chi connectivity index (χ1) is 15.4. The van der Waals surface area contributed by atoms with Gasteiger partial charge in [0.05, 0.1) is 31.5 Å². The van der Waals surface area contributed by atoms with Crippen LogP contribution in [0.25, 0.3) is 30.6 Å². The Morgan fingerprint density at radius 2 is 1.03 bits per heavy atom. The fourth-order valence-corrected chi connectivity index (χ4v) is 4.53. The molecular weight excluding hydrogens is 633 g/mol. The van der Waals surface area contributed by atoms with Crippen molar-refractivity contribution in [3.63, 3.8) is 0 Å². The van der Waals surface area contributed by atoms with Gasteiger partial charge >= 0.3 is 49.6 Å². The summed E-state index contributed by atoms with van der Waals surface area (Å²) >= 11 is 5.08. The van der Waals surface area contributed by atoms with Crippen LogP contribution in [0.1, 0.15) is 0 Å². The Bertz CT molecular complexity index is 1110. The summed E-state index contributed by atoms with van der Waals surface area (Å²) in [6.45, 7) is 0. The fraction of sp³-hybridized carbons (Fsp3) is 0. The minimum absolute atomic E-state index is 1.10. The van der Waals surface area contributed by atoms with Gasteiger partial charge in [0.1, 0.15) is 4.70 Å². The van der Waals surface area contributed by atoms with Crippen molar-refractivity contribution in [2.75, 3.05) is 0 Å². The van der Waals surface area contributed by atoms with Crippen LogP contribution in [0, 0.1) is 0 Å². The molecule has 0 radical (unpaired) electrons. The zero-order valence-corrected chi connectivity index (χ0v) is 23.4. The number of benzene rings is 3. The molecule has 11 heteroatoms. The average Bonchev–Trinajstić information content (AvgIpc) is 3.53. The Hall–Kier alpha value is -0.887. The van der Waals surface area contributed by atoms with E-state index < -0.39 is 10.8 Å². The zero-order chi connectivity index (χ0) is 22.8. The summed E-state index contributed by atoms with van der Waals surface area (Å²) < 4.78 is 3.84. The van der Waals surface area contributed by atoms with Gasteiger partial charge in [-0.05, 0) is 30.3 Å². The number of aromatic nitrogens is 3. The van der Waals surface area contributed by atoms with Crippen molar-refractivity contribution in [1.29, 1.82) is 0 Å². The molecule has 0 bridgehead atoms. The Balaban J connectivity index is 0.000000123. The smallest absolute Gasteiger partial charge is 0.224 e. The number of H-pyrrole nitrogens is 1. The summed E-state index contributed by atoms with van der Waals surface area (Å²) in [5.41, 5.74) is 9.15. The van der Waals surface area contributed by atoms with Gasteiger partial charge in [0.15, 0.2) is 0 Å². The molecule has 0 saturated carbocycles. The Morgan fingerprint density at radius 1 is 0.594 bits per heavy atom. The minimum Gasteiger partial charge on any atom is -0.245 e. The van der Waals surface area contributed by atoms with E-state index in [9.17, 15) is 0 Å². The quantitative estimate of drug-likeness (QED) is 0.154. The number of fused-ring (bicyclic) bond motifs is 3. The molecule has 0 saturated heterocycles. The monoisotopic (exact) mass is 648 g/mol. The van der Waals surface area contributed by atoms with Crippen LogP contribution in [0.5, 0.6) is 0 Å². The average molecular weight is 649 g/mol. The second-order valence-electron chi connectivity index (χ2n) is 5.82. The van der Waals surface area contributed by atoms with Crippen LogP contribution in [0.15, 0.2) is 89.3 Å². The van der Waals surface area contributed by atoms with Gasteiger partial charge in [0.2, 0.25) is 11.0 Å². The Kier molecular flexibility index (Phi) is 10.5. The predicted octanol–water partition coefficient (Wildman–Crippen LogP) is 9.06. The molecule has 0 atom stereocenters. The molecule has 169 valence electrons. The van der Waals surface area contributed by atoms with Crippen LogP contribution in [0.4, 0.5) is 0 Å². The first-order valence-electron chi connectivity index (χ1n) is 8.84.